The van der Waals surface area contributed by atoms with E-state index >= 15 is 0 Å². The Kier molecular flexibility index (Phi) is 2.87. The summed E-state index contributed by atoms with van der Waals surface area (Å²) in [6.07, 6.45) is 3.62. The molecule has 0 aromatic heterocycles. The lowest BCUT2D eigenvalue weighted by atomic mass is 10.00. The second-order valence-corrected chi connectivity index (χ2v) is 5.82. The van der Waals surface area contributed by atoms with Gasteiger partial charge in [0.15, 0.2) is 0 Å². The zero-order chi connectivity index (χ0) is 12.0. The molecule has 0 bridgehead atoms. The van der Waals surface area contributed by atoms with Crippen LogP contribution in [-0.2, 0) is 9.53 Å². The highest BCUT2D eigenvalue weighted by atomic mass is 16.5. The molecule has 1 aliphatic carbocycles. The van der Waals surface area contributed by atoms with Gasteiger partial charge in [0.05, 0.1) is 12.2 Å². The quantitative estimate of drug-likeness (QED) is 0.736. The SMILES string of the molecule is CC1CCC(C(=O)N2CC3CCC(O)C3C2)O1. The Bertz CT molecular complexity index is 320. The first kappa shape index (κ1) is 11.5. The molecule has 0 aromatic rings. The lowest BCUT2D eigenvalue weighted by Gasteiger charge is -2.22. The third-order valence-corrected chi connectivity index (χ3v) is 4.64. The molecule has 0 radical (unpaired) electrons. The number of carbonyl (C=O) groups is 1. The molecule has 1 saturated carbocycles. The van der Waals surface area contributed by atoms with Gasteiger partial charge >= 0.3 is 0 Å². The normalized spacial score (nSPS) is 45.3. The molecule has 5 unspecified atom stereocenters. The Hall–Kier alpha value is -0.610. The molecule has 3 rings (SSSR count). The number of aliphatic hydroxyl groups is 1. The molecule has 4 heteroatoms. The predicted octanol–water partition coefficient (Wildman–Crippen LogP) is 0.783. The number of likely N-dealkylation sites (tertiary alicyclic amines) is 1. The van der Waals surface area contributed by atoms with Crippen molar-refractivity contribution in [2.75, 3.05) is 13.1 Å². The van der Waals surface area contributed by atoms with Crippen LogP contribution in [0.25, 0.3) is 0 Å². The smallest absolute Gasteiger partial charge is 0.251 e. The summed E-state index contributed by atoms with van der Waals surface area (Å²) in [6.45, 7) is 3.59. The van der Waals surface area contributed by atoms with Gasteiger partial charge in [-0.05, 0) is 38.5 Å². The number of ether oxygens (including phenoxy) is 1. The van der Waals surface area contributed by atoms with Gasteiger partial charge in [0.25, 0.3) is 5.91 Å². The van der Waals surface area contributed by atoms with Crippen LogP contribution < -0.4 is 0 Å². The van der Waals surface area contributed by atoms with E-state index in [1.54, 1.807) is 0 Å². The van der Waals surface area contributed by atoms with Crippen molar-refractivity contribution in [3.8, 4) is 0 Å². The van der Waals surface area contributed by atoms with Crippen LogP contribution in [0, 0.1) is 11.8 Å². The predicted molar refractivity (Wildman–Crippen MR) is 62.4 cm³/mol. The molecule has 2 saturated heterocycles. The van der Waals surface area contributed by atoms with Gasteiger partial charge in [-0.1, -0.05) is 0 Å². The molecule has 1 amide bonds. The maximum absolute atomic E-state index is 12.3. The molecule has 2 heterocycles. The second kappa shape index (κ2) is 4.25. The van der Waals surface area contributed by atoms with Crippen molar-refractivity contribution < 1.29 is 14.6 Å². The minimum atomic E-state index is -0.221. The fraction of sp³-hybridized carbons (Fsp3) is 0.923. The van der Waals surface area contributed by atoms with Gasteiger partial charge in [-0.3, -0.25) is 4.79 Å². The molecule has 4 nitrogen and oxygen atoms in total. The minimum absolute atomic E-state index is 0.149. The Morgan fingerprint density at radius 1 is 1.24 bits per heavy atom. The van der Waals surface area contributed by atoms with E-state index < -0.39 is 0 Å². The zero-order valence-corrected chi connectivity index (χ0v) is 10.3. The zero-order valence-electron chi connectivity index (χ0n) is 10.3. The van der Waals surface area contributed by atoms with Gasteiger partial charge in [0, 0.05) is 19.0 Å². The summed E-state index contributed by atoms with van der Waals surface area (Å²) < 4.78 is 5.63. The summed E-state index contributed by atoms with van der Waals surface area (Å²) in [7, 11) is 0. The molecule has 96 valence electrons. The first-order valence-electron chi connectivity index (χ1n) is 6.77. The van der Waals surface area contributed by atoms with Crippen molar-refractivity contribution in [1.29, 1.82) is 0 Å². The van der Waals surface area contributed by atoms with Crippen molar-refractivity contribution in [2.45, 2.75) is 50.9 Å². The molecule has 3 aliphatic rings. The minimum Gasteiger partial charge on any atom is -0.393 e. The third-order valence-electron chi connectivity index (χ3n) is 4.64. The highest BCUT2D eigenvalue weighted by Crippen LogP contribution is 2.38. The topological polar surface area (TPSA) is 49.8 Å². The van der Waals surface area contributed by atoms with E-state index in [-0.39, 0.29) is 24.2 Å². The number of hydrogen-bond donors (Lipinski definition) is 1. The number of aliphatic hydroxyl groups excluding tert-OH is 1. The van der Waals surface area contributed by atoms with Gasteiger partial charge in [-0.15, -0.1) is 0 Å². The van der Waals surface area contributed by atoms with Crippen molar-refractivity contribution in [2.24, 2.45) is 11.8 Å². The van der Waals surface area contributed by atoms with Crippen LogP contribution in [0.3, 0.4) is 0 Å². The van der Waals surface area contributed by atoms with E-state index in [4.69, 9.17) is 4.74 Å². The highest BCUT2D eigenvalue weighted by molar-refractivity contribution is 5.81. The van der Waals surface area contributed by atoms with Crippen LogP contribution in [0.1, 0.15) is 32.6 Å². The lowest BCUT2D eigenvalue weighted by molar-refractivity contribution is -0.142. The van der Waals surface area contributed by atoms with Crippen LogP contribution in [-0.4, -0.2) is 47.3 Å². The Morgan fingerprint density at radius 3 is 2.71 bits per heavy atom. The van der Waals surface area contributed by atoms with Crippen molar-refractivity contribution in [1.82, 2.24) is 4.90 Å². The molecule has 5 atom stereocenters. The number of nitrogens with zero attached hydrogens (tertiary/aromatic N) is 1. The number of rotatable bonds is 1. The van der Waals surface area contributed by atoms with Gasteiger partial charge < -0.3 is 14.7 Å². The number of amides is 1. The second-order valence-electron chi connectivity index (χ2n) is 5.82. The molecule has 0 aromatic carbocycles. The third kappa shape index (κ3) is 1.97. The number of hydrogen-bond acceptors (Lipinski definition) is 3. The first-order valence-corrected chi connectivity index (χ1v) is 6.77. The highest BCUT2D eigenvalue weighted by Gasteiger charge is 2.45. The van der Waals surface area contributed by atoms with E-state index in [0.29, 0.717) is 11.8 Å². The average Bonchev–Trinajstić information content (AvgIpc) is 2.96. The van der Waals surface area contributed by atoms with Crippen molar-refractivity contribution in [3.63, 3.8) is 0 Å². The van der Waals surface area contributed by atoms with Crippen LogP contribution in [0.2, 0.25) is 0 Å². The maximum atomic E-state index is 12.3. The van der Waals surface area contributed by atoms with Crippen molar-refractivity contribution in [3.05, 3.63) is 0 Å². The fourth-order valence-electron chi connectivity index (χ4n) is 3.60. The molecule has 17 heavy (non-hydrogen) atoms. The van der Waals surface area contributed by atoms with E-state index in [2.05, 4.69) is 0 Å². The van der Waals surface area contributed by atoms with Crippen LogP contribution in [0.15, 0.2) is 0 Å². The van der Waals surface area contributed by atoms with E-state index in [0.717, 1.165) is 38.8 Å². The average molecular weight is 239 g/mol. The maximum Gasteiger partial charge on any atom is 0.251 e. The number of carbonyl (C=O) groups excluding carboxylic acids is 1. The number of fused-ring (bicyclic) bond motifs is 1. The summed E-state index contributed by atoms with van der Waals surface area (Å²) in [5.74, 6) is 0.988. The van der Waals surface area contributed by atoms with E-state index in [1.165, 1.54) is 0 Å². The largest absolute Gasteiger partial charge is 0.393 e. The first-order chi connectivity index (χ1) is 8.15. The Morgan fingerprint density at radius 2 is 2.06 bits per heavy atom. The molecule has 0 spiro atoms. The molecule has 2 aliphatic heterocycles. The standard InChI is InChI=1S/C13H21NO3/c1-8-2-5-12(17-8)13(16)14-6-9-3-4-11(15)10(9)7-14/h8-12,15H,2-7H2,1H3. The van der Waals surface area contributed by atoms with E-state index in [9.17, 15) is 9.90 Å². The summed E-state index contributed by atoms with van der Waals surface area (Å²) >= 11 is 0. The Labute approximate surface area is 102 Å². The van der Waals surface area contributed by atoms with Gasteiger partial charge in [-0.25, -0.2) is 0 Å². The fourth-order valence-corrected chi connectivity index (χ4v) is 3.60. The van der Waals surface area contributed by atoms with Gasteiger partial charge in [0.1, 0.15) is 6.10 Å². The van der Waals surface area contributed by atoms with Gasteiger partial charge in [0.2, 0.25) is 0 Å². The molecular formula is C13H21NO3. The van der Waals surface area contributed by atoms with Crippen LogP contribution in [0.4, 0.5) is 0 Å². The molecule has 3 fully saturated rings. The summed E-state index contributed by atoms with van der Waals surface area (Å²) in [6, 6.07) is 0. The molecular weight excluding hydrogens is 218 g/mol. The Balaban J connectivity index is 1.61. The van der Waals surface area contributed by atoms with E-state index in [1.807, 2.05) is 11.8 Å². The lowest BCUT2D eigenvalue weighted by Crippen LogP contribution is -2.38. The van der Waals surface area contributed by atoms with Crippen LogP contribution >= 0.6 is 0 Å². The van der Waals surface area contributed by atoms with Gasteiger partial charge in [-0.2, -0.15) is 0 Å². The molecule has 1 N–H and O–H groups in total. The summed E-state index contributed by atoms with van der Waals surface area (Å²) in [4.78, 5) is 14.2. The summed E-state index contributed by atoms with van der Waals surface area (Å²) in [5, 5.41) is 9.84. The monoisotopic (exact) mass is 239 g/mol. The summed E-state index contributed by atoms with van der Waals surface area (Å²) in [5.41, 5.74) is 0. The van der Waals surface area contributed by atoms with Crippen LogP contribution in [0.5, 0.6) is 0 Å². The van der Waals surface area contributed by atoms with Crippen molar-refractivity contribution >= 4 is 5.91 Å².